The molecule has 0 fully saturated rings. The second-order valence-electron chi connectivity index (χ2n) is 5.86. The van der Waals surface area contributed by atoms with Crippen LogP contribution >= 0.6 is 24.0 Å². The van der Waals surface area contributed by atoms with E-state index in [-0.39, 0.29) is 29.9 Å². The van der Waals surface area contributed by atoms with Crippen LogP contribution in [0.3, 0.4) is 0 Å². The van der Waals surface area contributed by atoms with E-state index in [1.165, 1.54) is 0 Å². The molecule has 2 rings (SSSR count). The first kappa shape index (κ1) is 23.7. The molecule has 1 aromatic carbocycles. The number of oxazole rings is 1. The van der Waals surface area contributed by atoms with Crippen LogP contribution in [0.5, 0.6) is 5.75 Å². The Kier molecular flexibility index (Phi) is 10.4. The predicted octanol–water partition coefficient (Wildman–Crippen LogP) is 2.40. The zero-order valence-electron chi connectivity index (χ0n) is 16.7. The largest absolute Gasteiger partial charge is 0.497 e. The minimum Gasteiger partial charge on any atom is -0.497 e. The van der Waals surface area contributed by atoms with Crippen LogP contribution in [0.1, 0.15) is 34.6 Å². The van der Waals surface area contributed by atoms with Crippen molar-refractivity contribution < 1.29 is 13.9 Å². The van der Waals surface area contributed by atoms with Crippen LogP contribution in [0.2, 0.25) is 0 Å². The molecule has 1 heterocycles. The Balaban J connectivity index is 0.00000392. The first-order valence-electron chi connectivity index (χ1n) is 8.90. The molecule has 0 bridgehead atoms. The number of hydrogen-bond donors (Lipinski definition) is 3. The molecule has 28 heavy (non-hydrogen) atoms. The van der Waals surface area contributed by atoms with Crippen LogP contribution in [-0.4, -0.2) is 43.6 Å². The van der Waals surface area contributed by atoms with Crippen molar-refractivity contribution in [1.29, 1.82) is 0 Å². The number of aromatic nitrogens is 1. The Bertz CT molecular complexity index is 755. The Hall–Kier alpha value is -2.30. The van der Waals surface area contributed by atoms with Gasteiger partial charge in [0, 0.05) is 25.2 Å². The Morgan fingerprint density at radius 1 is 1.14 bits per heavy atom. The molecule has 0 aliphatic heterocycles. The van der Waals surface area contributed by atoms with Gasteiger partial charge in [-0.3, -0.25) is 4.79 Å². The summed E-state index contributed by atoms with van der Waals surface area (Å²) in [6.45, 7) is 7.85. The number of guanidine groups is 1. The maximum Gasteiger partial charge on any atom is 0.251 e. The Labute approximate surface area is 182 Å². The zero-order chi connectivity index (χ0) is 19.6. The molecule has 2 aromatic rings. The molecule has 1 amide bonds. The molecule has 0 aliphatic carbocycles. The van der Waals surface area contributed by atoms with Crippen LogP contribution < -0.4 is 20.7 Å². The van der Waals surface area contributed by atoms with E-state index in [2.05, 4.69) is 25.9 Å². The number of benzene rings is 1. The van der Waals surface area contributed by atoms with Crippen molar-refractivity contribution in [2.24, 2.45) is 4.99 Å². The molecule has 0 aliphatic rings. The van der Waals surface area contributed by atoms with Gasteiger partial charge in [-0.1, -0.05) is 0 Å². The molecule has 0 spiro atoms. The van der Waals surface area contributed by atoms with Gasteiger partial charge in [0.2, 0.25) is 5.89 Å². The van der Waals surface area contributed by atoms with Gasteiger partial charge in [-0.2, -0.15) is 0 Å². The van der Waals surface area contributed by atoms with Crippen molar-refractivity contribution in [3.63, 3.8) is 0 Å². The number of hydrogen-bond acceptors (Lipinski definition) is 5. The van der Waals surface area contributed by atoms with E-state index in [9.17, 15) is 4.79 Å². The molecular weight excluding hydrogens is 473 g/mol. The summed E-state index contributed by atoms with van der Waals surface area (Å²) in [5.74, 6) is 2.61. The molecule has 0 atom stereocenters. The van der Waals surface area contributed by atoms with Gasteiger partial charge in [0.15, 0.2) is 5.96 Å². The molecule has 9 heteroatoms. The fourth-order valence-electron chi connectivity index (χ4n) is 2.30. The van der Waals surface area contributed by atoms with Crippen molar-refractivity contribution >= 4 is 35.8 Å². The van der Waals surface area contributed by atoms with Gasteiger partial charge in [0.05, 0.1) is 12.8 Å². The van der Waals surface area contributed by atoms with Gasteiger partial charge >= 0.3 is 0 Å². The van der Waals surface area contributed by atoms with E-state index in [1.54, 1.807) is 31.4 Å². The van der Waals surface area contributed by atoms with E-state index in [4.69, 9.17) is 9.15 Å². The lowest BCUT2D eigenvalue weighted by molar-refractivity contribution is 0.0954. The molecule has 154 valence electrons. The average Bonchev–Trinajstić information content (AvgIpc) is 3.00. The fourth-order valence-corrected chi connectivity index (χ4v) is 2.30. The maximum absolute atomic E-state index is 12.1. The lowest BCUT2D eigenvalue weighted by atomic mass is 10.2. The number of nitrogens with one attached hydrogen (secondary N) is 3. The lowest BCUT2D eigenvalue weighted by Crippen LogP contribution is -2.41. The quantitative estimate of drug-likeness (QED) is 0.222. The van der Waals surface area contributed by atoms with E-state index in [0.29, 0.717) is 37.0 Å². The van der Waals surface area contributed by atoms with Crippen molar-refractivity contribution in [1.82, 2.24) is 20.9 Å². The van der Waals surface area contributed by atoms with Crippen molar-refractivity contribution in [3.05, 3.63) is 47.2 Å². The number of ether oxygens (including phenoxy) is 1. The minimum atomic E-state index is -0.132. The van der Waals surface area contributed by atoms with Crippen LogP contribution in [0.25, 0.3) is 0 Å². The predicted molar refractivity (Wildman–Crippen MR) is 120 cm³/mol. The summed E-state index contributed by atoms with van der Waals surface area (Å²) in [4.78, 5) is 20.9. The Morgan fingerprint density at radius 3 is 2.39 bits per heavy atom. The number of aliphatic imine (C=N–C) groups is 1. The summed E-state index contributed by atoms with van der Waals surface area (Å²) < 4.78 is 10.6. The summed E-state index contributed by atoms with van der Waals surface area (Å²) in [6, 6.07) is 6.98. The SMILES string of the molecule is CCNC(=NCc1nc(C)c(C)o1)NCCNC(=O)c1ccc(OC)cc1.I. The van der Waals surface area contributed by atoms with Crippen LogP contribution in [-0.2, 0) is 6.54 Å². The van der Waals surface area contributed by atoms with E-state index < -0.39 is 0 Å². The number of carbonyl (C=O) groups excluding carboxylic acids is 1. The second-order valence-corrected chi connectivity index (χ2v) is 5.86. The number of amides is 1. The third kappa shape index (κ3) is 7.37. The molecule has 8 nitrogen and oxygen atoms in total. The number of aryl methyl sites for hydroxylation is 2. The molecule has 0 saturated heterocycles. The van der Waals surface area contributed by atoms with E-state index in [0.717, 1.165) is 23.7 Å². The van der Waals surface area contributed by atoms with Gasteiger partial charge < -0.3 is 25.1 Å². The summed E-state index contributed by atoms with van der Waals surface area (Å²) in [7, 11) is 1.59. The van der Waals surface area contributed by atoms with Crippen LogP contribution in [0, 0.1) is 13.8 Å². The maximum atomic E-state index is 12.1. The molecular formula is C19H28IN5O3. The first-order valence-corrected chi connectivity index (χ1v) is 8.90. The molecule has 3 N–H and O–H groups in total. The standard InChI is InChI=1S/C19H27N5O3.HI/c1-5-20-19(23-12-17-24-13(2)14(3)27-17)22-11-10-21-18(25)15-6-8-16(26-4)9-7-15;/h6-9H,5,10-12H2,1-4H3,(H,21,25)(H2,20,22,23);1H. The van der Waals surface area contributed by atoms with Gasteiger partial charge in [-0.25, -0.2) is 9.98 Å². The molecule has 0 saturated carbocycles. The normalized spacial score (nSPS) is 10.8. The monoisotopic (exact) mass is 501 g/mol. The van der Waals surface area contributed by atoms with Gasteiger partial charge in [-0.15, -0.1) is 24.0 Å². The highest BCUT2D eigenvalue weighted by molar-refractivity contribution is 14.0. The van der Waals surface area contributed by atoms with Gasteiger partial charge in [-0.05, 0) is 45.0 Å². The number of rotatable bonds is 8. The second kappa shape index (κ2) is 12.2. The third-order valence-corrected chi connectivity index (χ3v) is 3.84. The van der Waals surface area contributed by atoms with E-state index in [1.807, 2.05) is 20.8 Å². The summed E-state index contributed by atoms with van der Waals surface area (Å²) >= 11 is 0. The van der Waals surface area contributed by atoms with Crippen LogP contribution in [0.4, 0.5) is 0 Å². The number of halogens is 1. The average molecular weight is 501 g/mol. The summed E-state index contributed by atoms with van der Waals surface area (Å²) in [6.07, 6.45) is 0. The van der Waals surface area contributed by atoms with Gasteiger partial charge in [0.1, 0.15) is 18.1 Å². The van der Waals surface area contributed by atoms with Gasteiger partial charge in [0.25, 0.3) is 5.91 Å². The third-order valence-electron chi connectivity index (χ3n) is 3.84. The van der Waals surface area contributed by atoms with E-state index >= 15 is 0 Å². The molecule has 1 aromatic heterocycles. The van der Waals surface area contributed by atoms with Crippen molar-refractivity contribution in [2.75, 3.05) is 26.7 Å². The highest BCUT2D eigenvalue weighted by Crippen LogP contribution is 2.11. The zero-order valence-corrected chi connectivity index (χ0v) is 19.0. The van der Waals surface area contributed by atoms with Crippen molar-refractivity contribution in [3.8, 4) is 5.75 Å². The fraction of sp³-hybridized carbons (Fsp3) is 0.421. The number of methoxy groups -OCH3 is 1. The smallest absolute Gasteiger partial charge is 0.251 e. The highest BCUT2D eigenvalue weighted by Gasteiger charge is 2.07. The lowest BCUT2D eigenvalue weighted by Gasteiger charge is -2.11. The Morgan fingerprint density at radius 2 is 1.82 bits per heavy atom. The minimum absolute atomic E-state index is 0. The number of carbonyl (C=O) groups is 1. The summed E-state index contributed by atoms with van der Waals surface area (Å²) in [5, 5.41) is 9.18. The first-order chi connectivity index (χ1) is 13.0. The van der Waals surface area contributed by atoms with Crippen molar-refractivity contribution in [2.45, 2.75) is 27.3 Å². The molecule has 0 radical (unpaired) electrons. The topological polar surface area (TPSA) is 101 Å². The highest BCUT2D eigenvalue weighted by atomic mass is 127. The van der Waals surface area contributed by atoms with Crippen LogP contribution in [0.15, 0.2) is 33.7 Å². The number of nitrogens with zero attached hydrogens (tertiary/aromatic N) is 2. The molecule has 0 unspecified atom stereocenters. The summed E-state index contributed by atoms with van der Waals surface area (Å²) in [5.41, 5.74) is 1.46.